The first kappa shape index (κ1) is 12.8. The Morgan fingerprint density at radius 2 is 1.75 bits per heavy atom. The number of carbonyl (C=O) groups excluding carboxylic acids is 1. The highest BCUT2D eigenvalue weighted by molar-refractivity contribution is 7.10. The Kier molecular flexibility index (Phi) is 3.70. The Labute approximate surface area is 121 Å². The van der Waals surface area contributed by atoms with E-state index in [1.807, 2.05) is 42.5 Å². The van der Waals surface area contributed by atoms with Gasteiger partial charge in [0.2, 0.25) is 0 Å². The van der Waals surface area contributed by atoms with Crippen molar-refractivity contribution in [1.29, 1.82) is 0 Å². The van der Waals surface area contributed by atoms with E-state index in [2.05, 4.69) is 22.5 Å². The van der Waals surface area contributed by atoms with Crippen LogP contribution in [0.3, 0.4) is 0 Å². The Morgan fingerprint density at radius 3 is 2.55 bits per heavy atom. The number of aldehydes is 1. The zero-order valence-electron chi connectivity index (χ0n) is 10.8. The highest BCUT2D eigenvalue weighted by Gasteiger charge is 2.07. The van der Waals surface area contributed by atoms with Gasteiger partial charge in [0.25, 0.3) is 0 Å². The molecule has 2 nitrogen and oxygen atoms in total. The van der Waals surface area contributed by atoms with Crippen LogP contribution >= 0.6 is 11.3 Å². The van der Waals surface area contributed by atoms with Crippen molar-refractivity contribution in [3.05, 3.63) is 76.1 Å². The number of nitrogens with zero attached hydrogens (tertiary/aromatic N) is 1. The van der Waals surface area contributed by atoms with Crippen LogP contribution < -0.4 is 0 Å². The van der Waals surface area contributed by atoms with Gasteiger partial charge in [-0.1, -0.05) is 54.6 Å². The number of aromatic nitrogens is 1. The highest BCUT2D eigenvalue weighted by atomic mass is 32.1. The molecular formula is C17H13NOS. The summed E-state index contributed by atoms with van der Waals surface area (Å²) in [5.74, 6) is 0. The van der Waals surface area contributed by atoms with Crippen LogP contribution in [0, 0.1) is 0 Å². The number of hydrogen-bond donors (Lipinski definition) is 0. The fourth-order valence-electron chi connectivity index (χ4n) is 2.11. The van der Waals surface area contributed by atoms with Gasteiger partial charge in [-0.15, -0.1) is 11.3 Å². The van der Waals surface area contributed by atoms with Gasteiger partial charge in [0.1, 0.15) is 6.29 Å². The van der Waals surface area contributed by atoms with Crippen molar-refractivity contribution in [1.82, 2.24) is 4.98 Å². The van der Waals surface area contributed by atoms with Crippen LogP contribution in [0.2, 0.25) is 0 Å². The lowest BCUT2D eigenvalue weighted by atomic mass is 10.1. The quantitative estimate of drug-likeness (QED) is 0.669. The highest BCUT2D eigenvalue weighted by Crippen LogP contribution is 2.23. The molecule has 1 aromatic heterocycles. The van der Waals surface area contributed by atoms with Crippen molar-refractivity contribution in [3.8, 4) is 11.3 Å². The van der Waals surface area contributed by atoms with Crippen LogP contribution in [0.15, 0.2) is 60.0 Å². The van der Waals surface area contributed by atoms with Crippen LogP contribution in [0.1, 0.15) is 20.9 Å². The molecule has 0 fully saturated rings. The fourth-order valence-corrected chi connectivity index (χ4v) is 2.93. The third-order valence-electron chi connectivity index (χ3n) is 3.15. The molecule has 0 saturated heterocycles. The molecule has 3 rings (SSSR count). The molecule has 0 saturated carbocycles. The van der Waals surface area contributed by atoms with Crippen LogP contribution in [0.5, 0.6) is 0 Å². The Morgan fingerprint density at radius 1 is 1.00 bits per heavy atom. The third-order valence-corrected chi connectivity index (χ3v) is 3.99. The second-order valence-corrected chi connectivity index (χ2v) is 5.43. The summed E-state index contributed by atoms with van der Waals surface area (Å²) >= 11 is 1.63. The van der Waals surface area contributed by atoms with Crippen molar-refractivity contribution in [2.45, 2.75) is 6.42 Å². The van der Waals surface area contributed by atoms with Gasteiger partial charge in [0.05, 0.1) is 10.7 Å². The van der Waals surface area contributed by atoms with Crippen molar-refractivity contribution in [3.63, 3.8) is 0 Å². The predicted molar refractivity (Wildman–Crippen MR) is 82.2 cm³/mol. The maximum atomic E-state index is 11.0. The molecule has 0 aliphatic heterocycles. The van der Waals surface area contributed by atoms with Crippen LogP contribution in [0.4, 0.5) is 0 Å². The number of rotatable bonds is 4. The van der Waals surface area contributed by atoms with E-state index in [0.29, 0.717) is 6.42 Å². The van der Waals surface area contributed by atoms with E-state index in [1.54, 1.807) is 11.3 Å². The monoisotopic (exact) mass is 279 g/mol. The molecule has 3 heteroatoms. The van der Waals surface area contributed by atoms with Gasteiger partial charge in [0.15, 0.2) is 0 Å². The maximum absolute atomic E-state index is 11.0. The third kappa shape index (κ3) is 2.68. The molecule has 98 valence electrons. The first-order chi connectivity index (χ1) is 9.86. The summed E-state index contributed by atoms with van der Waals surface area (Å²) in [5.41, 5.74) is 3.88. The number of benzene rings is 2. The average Bonchev–Trinajstić information content (AvgIpc) is 2.97. The van der Waals surface area contributed by atoms with Gasteiger partial charge in [-0.25, -0.2) is 4.98 Å². The molecule has 0 spiro atoms. The van der Waals surface area contributed by atoms with E-state index < -0.39 is 0 Å². The standard InChI is InChI=1S/C17H13NOS/c19-11-15-9-5-4-8-14(15)10-17-18-16(12-20-17)13-6-2-1-3-7-13/h1-9,11-12H,10H2. The van der Waals surface area contributed by atoms with Gasteiger partial charge in [-0.2, -0.15) is 0 Å². The summed E-state index contributed by atoms with van der Waals surface area (Å²) in [6.45, 7) is 0. The average molecular weight is 279 g/mol. The second kappa shape index (κ2) is 5.80. The second-order valence-electron chi connectivity index (χ2n) is 4.49. The molecule has 0 aliphatic rings. The van der Waals surface area contributed by atoms with Crippen LogP contribution in [-0.4, -0.2) is 11.3 Å². The van der Waals surface area contributed by atoms with Gasteiger partial charge in [-0.3, -0.25) is 4.79 Å². The number of thiazole rings is 1. The molecule has 0 aliphatic carbocycles. The van der Waals surface area contributed by atoms with E-state index in [9.17, 15) is 4.79 Å². The predicted octanol–water partition coefficient (Wildman–Crippen LogP) is 4.21. The first-order valence-electron chi connectivity index (χ1n) is 6.40. The molecular weight excluding hydrogens is 266 g/mol. The molecule has 20 heavy (non-hydrogen) atoms. The fraction of sp³-hybridized carbons (Fsp3) is 0.0588. The van der Waals surface area contributed by atoms with E-state index in [-0.39, 0.29) is 0 Å². The molecule has 1 heterocycles. The zero-order chi connectivity index (χ0) is 13.8. The smallest absolute Gasteiger partial charge is 0.150 e. The van der Waals surface area contributed by atoms with Crippen LogP contribution in [0.25, 0.3) is 11.3 Å². The Bertz CT molecular complexity index is 719. The van der Waals surface area contributed by atoms with E-state index in [4.69, 9.17) is 0 Å². The minimum absolute atomic E-state index is 0.701. The minimum Gasteiger partial charge on any atom is -0.298 e. The summed E-state index contributed by atoms with van der Waals surface area (Å²) in [4.78, 5) is 15.7. The largest absolute Gasteiger partial charge is 0.298 e. The topological polar surface area (TPSA) is 30.0 Å². The molecule has 2 aromatic carbocycles. The van der Waals surface area contributed by atoms with Gasteiger partial charge >= 0.3 is 0 Å². The zero-order valence-corrected chi connectivity index (χ0v) is 11.6. The Balaban J connectivity index is 1.86. The molecule has 0 atom stereocenters. The van der Waals surface area contributed by atoms with Crippen molar-refractivity contribution < 1.29 is 4.79 Å². The van der Waals surface area contributed by atoms with E-state index >= 15 is 0 Å². The van der Waals surface area contributed by atoms with E-state index in [1.165, 1.54) is 0 Å². The lowest BCUT2D eigenvalue weighted by Crippen LogP contribution is -1.93. The SMILES string of the molecule is O=Cc1ccccc1Cc1nc(-c2ccccc2)cs1. The van der Waals surface area contributed by atoms with Crippen molar-refractivity contribution >= 4 is 17.6 Å². The van der Waals surface area contributed by atoms with Gasteiger partial charge in [-0.05, 0) is 5.56 Å². The summed E-state index contributed by atoms with van der Waals surface area (Å²) in [7, 11) is 0. The van der Waals surface area contributed by atoms with Gasteiger partial charge < -0.3 is 0 Å². The van der Waals surface area contributed by atoms with Crippen LogP contribution in [-0.2, 0) is 6.42 Å². The lowest BCUT2D eigenvalue weighted by molar-refractivity contribution is 0.112. The number of hydrogen-bond acceptors (Lipinski definition) is 3. The lowest BCUT2D eigenvalue weighted by Gasteiger charge is -2.01. The molecule has 0 radical (unpaired) electrons. The maximum Gasteiger partial charge on any atom is 0.150 e. The summed E-state index contributed by atoms with van der Waals surface area (Å²) in [6, 6.07) is 17.8. The van der Waals surface area contributed by atoms with E-state index in [0.717, 1.165) is 33.7 Å². The summed E-state index contributed by atoms with van der Waals surface area (Å²) in [6.07, 6.45) is 1.60. The Hall–Kier alpha value is -2.26. The minimum atomic E-state index is 0.701. The molecule has 0 N–H and O–H groups in total. The summed E-state index contributed by atoms with van der Waals surface area (Å²) in [5, 5.41) is 3.09. The van der Waals surface area contributed by atoms with Crippen molar-refractivity contribution in [2.75, 3.05) is 0 Å². The summed E-state index contributed by atoms with van der Waals surface area (Å²) < 4.78 is 0. The molecule has 0 unspecified atom stereocenters. The molecule has 0 amide bonds. The van der Waals surface area contributed by atoms with Crippen molar-refractivity contribution in [2.24, 2.45) is 0 Å². The molecule has 3 aromatic rings. The first-order valence-corrected chi connectivity index (χ1v) is 7.27. The molecule has 0 bridgehead atoms. The van der Waals surface area contributed by atoms with Gasteiger partial charge in [0, 0.05) is 22.9 Å². The normalized spacial score (nSPS) is 10.4. The number of carbonyl (C=O) groups is 1.